The van der Waals surface area contributed by atoms with Crippen molar-refractivity contribution in [1.29, 1.82) is 5.26 Å². The van der Waals surface area contributed by atoms with E-state index in [9.17, 15) is 24.9 Å². The number of aromatic carboxylic acids is 1. The Morgan fingerprint density at radius 2 is 1.74 bits per heavy atom. The van der Waals surface area contributed by atoms with Crippen molar-refractivity contribution in [2.45, 2.75) is 13.8 Å². The van der Waals surface area contributed by atoms with E-state index in [4.69, 9.17) is 10.4 Å². The van der Waals surface area contributed by atoms with Crippen molar-refractivity contribution in [3.8, 4) is 17.6 Å². The second kappa shape index (κ2) is 7.17. The second-order valence-electron chi connectivity index (χ2n) is 4.51. The van der Waals surface area contributed by atoms with Gasteiger partial charge < -0.3 is 25.3 Å². The second-order valence-corrected chi connectivity index (χ2v) is 4.51. The smallest absolute Gasteiger partial charge is 0.339 e. The van der Waals surface area contributed by atoms with Crippen molar-refractivity contribution in [2.75, 3.05) is 13.1 Å². The summed E-state index contributed by atoms with van der Waals surface area (Å²) >= 11 is 0. The largest absolute Gasteiger partial charge is 0.506 e. The first-order chi connectivity index (χ1) is 10.8. The fourth-order valence-corrected chi connectivity index (χ4v) is 1.93. The quantitative estimate of drug-likeness (QED) is 0.278. The van der Waals surface area contributed by atoms with E-state index in [-0.39, 0.29) is 5.56 Å². The number of aliphatic hydroxyl groups is 1. The first-order valence-electron chi connectivity index (χ1n) is 6.70. The van der Waals surface area contributed by atoms with E-state index in [0.717, 1.165) is 12.1 Å². The Bertz CT molecular complexity index is 713. The highest BCUT2D eigenvalue weighted by Gasteiger charge is 2.23. The number of phenols is 2. The number of aromatic hydroxyl groups is 2. The van der Waals surface area contributed by atoms with Gasteiger partial charge in [0.25, 0.3) is 5.91 Å². The third-order valence-electron chi connectivity index (χ3n) is 3.21. The van der Waals surface area contributed by atoms with Gasteiger partial charge in [-0.05, 0) is 26.0 Å². The summed E-state index contributed by atoms with van der Waals surface area (Å²) in [4.78, 5) is 24.5. The molecule has 0 aromatic heterocycles. The predicted octanol–water partition coefficient (Wildman–Crippen LogP) is 1.46. The van der Waals surface area contributed by atoms with Gasteiger partial charge in [0.15, 0.2) is 17.1 Å². The van der Waals surface area contributed by atoms with Gasteiger partial charge in [0, 0.05) is 18.7 Å². The molecule has 0 heterocycles. The number of carboxylic acid groups (broad SMARTS) is 1. The minimum Gasteiger partial charge on any atom is -0.506 e. The molecule has 1 amide bonds. The van der Waals surface area contributed by atoms with E-state index < -0.39 is 40.3 Å². The van der Waals surface area contributed by atoms with Crippen molar-refractivity contribution >= 4 is 17.6 Å². The van der Waals surface area contributed by atoms with Crippen LogP contribution in [0.1, 0.15) is 29.8 Å². The summed E-state index contributed by atoms with van der Waals surface area (Å²) in [5.74, 6) is -4.70. The Balaban J connectivity index is 3.51. The predicted molar refractivity (Wildman–Crippen MR) is 79.8 cm³/mol. The number of carboxylic acids is 1. The highest BCUT2D eigenvalue weighted by Crippen LogP contribution is 2.33. The van der Waals surface area contributed by atoms with Crippen LogP contribution in [0.3, 0.4) is 0 Å². The van der Waals surface area contributed by atoms with Crippen molar-refractivity contribution < 1.29 is 30.0 Å². The summed E-state index contributed by atoms with van der Waals surface area (Å²) < 4.78 is 0. The lowest BCUT2D eigenvalue weighted by Crippen LogP contribution is -2.31. The van der Waals surface area contributed by atoms with Crippen LogP contribution >= 0.6 is 0 Å². The van der Waals surface area contributed by atoms with Crippen LogP contribution in [-0.2, 0) is 4.79 Å². The highest BCUT2D eigenvalue weighted by atomic mass is 16.4. The van der Waals surface area contributed by atoms with Gasteiger partial charge in [-0.2, -0.15) is 5.26 Å². The Hall–Kier alpha value is -3.21. The number of rotatable bonds is 5. The van der Waals surface area contributed by atoms with Crippen LogP contribution in [-0.4, -0.2) is 50.3 Å². The fourth-order valence-electron chi connectivity index (χ4n) is 1.93. The lowest BCUT2D eigenvalue weighted by molar-refractivity contribution is -0.126. The van der Waals surface area contributed by atoms with Crippen molar-refractivity contribution in [3.63, 3.8) is 0 Å². The molecule has 0 fully saturated rings. The minimum absolute atomic E-state index is 0.269. The molecule has 0 aliphatic carbocycles. The summed E-state index contributed by atoms with van der Waals surface area (Å²) in [7, 11) is 0. The molecule has 0 unspecified atom stereocenters. The van der Waals surface area contributed by atoms with Crippen LogP contribution < -0.4 is 0 Å². The van der Waals surface area contributed by atoms with Gasteiger partial charge in [-0.25, -0.2) is 4.79 Å². The van der Waals surface area contributed by atoms with E-state index >= 15 is 0 Å². The number of nitrogens with zero attached hydrogens (tertiary/aromatic N) is 2. The number of nitriles is 1. The molecule has 0 saturated carbocycles. The zero-order chi connectivity index (χ0) is 17.7. The number of hydrogen-bond donors (Lipinski definition) is 4. The number of hydrogen-bond acceptors (Lipinski definition) is 6. The Labute approximate surface area is 132 Å². The molecule has 122 valence electrons. The van der Waals surface area contributed by atoms with Gasteiger partial charge in [-0.1, -0.05) is 0 Å². The van der Waals surface area contributed by atoms with Crippen molar-refractivity contribution in [2.24, 2.45) is 0 Å². The number of benzene rings is 1. The zero-order valence-corrected chi connectivity index (χ0v) is 12.6. The van der Waals surface area contributed by atoms with Crippen molar-refractivity contribution in [1.82, 2.24) is 4.90 Å². The van der Waals surface area contributed by atoms with Crippen LogP contribution in [0.4, 0.5) is 0 Å². The number of amides is 1. The average molecular weight is 320 g/mol. The molecule has 0 radical (unpaired) electrons. The number of carbonyl (C=O) groups is 2. The first kappa shape index (κ1) is 17.8. The highest BCUT2D eigenvalue weighted by molar-refractivity contribution is 6.04. The molecule has 1 aromatic rings. The molecule has 0 aliphatic heterocycles. The molecular formula is C15H16N2O6. The van der Waals surface area contributed by atoms with E-state index in [2.05, 4.69) is 0 Å². The van der Waals surface area contributed by atoms with Crippen LogP contribution in [0.2, 0.25) is 0 Å². The standard InChI is InChI=1S/C15H16N2O6/c1-3-17(4-2)14(21)10(7-16)12(19)8-5-9(15(22)23)13(20)11(18)6-8/h5-6,18-20H,3-4H2,1-2H3,(H,22,23)/b12-10-. The van der Waals surface area contributed by atoms with E-state index in [1.807, 2.05) is 0 Å². The normalized spacial score (nSPS) is 11.3. The summed E-state index contributed by atoms with van der Waals surface area (Å²) in [6.07, 6.45) is 0. The van der Waals surface area contributed by atoms with Gasteiger partial charge in [-0.3, -0.25) is 4.79 Å². The number of phenolic OH excluding ortho intramolecular Hbond substituents is 1. The SMILES string of the molecule is CCN(CC)C(=O)/C(C#N)=C(\O)c1cc(O)c(O)c(C(=O)O)c1. The third-order valence-corrected chi connectivity index (χ3v) is 3.21. The monoisotopic (exact) mass is 320 g/mol. The topological polar surface area (TPSA) is 142 Å². The van der Waals surface area contributed by atoms with Gasteiger partial charge in [0.2, 0.25) is 0 Å². The summed E-state index contributed by atoms with van der Waals surface area (Å²) in [5.41, 5.74) is -1.52. The Morgan fingerprint density at radius 1 is 1.17 bits per heavy atom. The maximum absolute atomic E-state index is 12.2. The summed E-state index contributed by atoms with van der Waals surface area (Å²) in [6.45, 7) is 4.02. The molecule has 0 saturated heterocycles. The molecule has 8 nitrogen and oxygen atoms in total. The number of aliphatic hydroxyl groups excluding tert-OH is 1. The maximum atomic E-state index is 12.2. The van der Waals surface area contributed by atoms with E-state index in [1.54, 1.807) is 19.9 Å². The van der Waals surface area contributed by atoms with Crippen LogP contribution in [0, 0.1) is 11.3 Å². The number of likely N-dealkylation sites (N-methyl/N-ethyl adjacent to an activating group) is 1. The van der Waals surface area contributed by atoms with Crippen LogP contribution in [0.15, 0.2) is 17.7 Å². The number of carbonyl (C=O) groups excluding carboxylic acids is 1. The molecule has 0 atom stereocenters. The average Bonchev–Trinajstić information content (AvgIpc) is 2.51. The first-order valence-corrected chi connectivity index (χ1v) is 6.70. The molecule has 1 aromatic carbocycles. The Morgan fingerprint density at radius 3 is 2.17 bits per heavy atom. The lowest BCUT2D eigenvalue weighted by Gasteiger charge is -2.18. The molecule has 23 heavy (non-hydrogen) atoms. The fraction of sp³-hybridized carbons (Fsp3) is 0.267. The van der Waals surface area contributed by atoms with E-state index in [0.29, 0.717) is 13.1 Å². The lowest BCUT2D eigenvalue weighted by atomic mass is 10.0. The molecule has 1 rings (SSSR count). The summed E-state index contributed by atoms with van der Waals surface area (Å²) in [5, 5.41) is 47.2. The molecule has 0 aliphatic rings. The van der Waals surface area contributed by atoms with Crippen LogP contribution in [0.25, 0.3) is 5.76 Å². The van der Waals surface area contributed by atoms with Gasteiger partial charge in [-0.15, -0.1) is 0 Å². The third kappa shape index (κ3) is 3.52. The molecule has 0 spiro atoms. The molecule has 4 N–H and O–H groups in total. The van der Waals surface area contributed by atoms with Gasteiger partial charge >= 0.3 is 5.97 Å². The Kier molecular flexibility index (Phi) is 5.57. The zero-order valence-electron chi connectivity index (χ0n) is 12.6. The van der Waals surface area contributed by atoms with Crippen LogP contribution in [0.5, 0.6) is 11.5 Å². The molecule has 8 heteroatoms. The minimum atomic E-state index is -1.54. The molecule has 0 bridgehead atoms. The van der Waals surface area contributed by atoms with Gasteiger partial charge in [0.1, 0.15) is 17.4 Å². The molecular weight excluding hydrogens is 304 g/mol. The van der Waals surface area contributed by atoms with Gasteiger partial charge in [0.05, 0.1) is 0 Å². The van der Waals surface area contributed by atoms with Crippen molar-refractivity contribution in [3.05, 3.63) is 28.8 Å². The maximum Gasteiger partial charge on any atom is 0.339 e. The summed E-state index contributed by atoms with van der Waals surface area (Å²) in [6, 6.07) is 3.30. The van der Waals surface area contributed by atoms with E-state index in [1.165, 1.54) is 4.90 Å².